The Balaban J connectivity index is 1.90. The van der Waals surface area contributed by atoms with Crippen LogP contribution in [0.15, 0.2) is 35.5 Å². The smallest absolute Gasteiger partial charge is 0.241 e. The number of benzene rings is 1. The molecule has 1 atom stereocenters. The number of thioether (sulfide) groups is 1. The minimum Gasteiger partial charge on any atom is -0.354 e. The molecule has 0 saturated carbocycles. The molecule has 118 valence electrons. The number of hydrogen-bond acceptors (Lipinski definition) is 5. The van der Waals surface area contributed by atoms with Crippen LogP contribution in [0, 0.1) is 6.92 Å². The van der Waals surface area contributed by atoms with E-state index in [0.29, 0.717) is 6.54 Å². The molecule has 2 rings (SSSR count). The largest absolute Gasteiger partial charge is 0.354 e. The van der Waals surface area contributed by atoms with Crippen molar-refractivity contribution in [1.29, 1.82) is 0 Å². The molecule has 22 heavy (non-hydrogen) atoms. The van der Waals surface area contributed by atoms with E-state index in [9.17, 15) is 4.79 Å². The second-order valence-corrected chi connectivity index (χ2v) is 6.34. The predicted molar refractivity (Wildman–Crippen MR) is 87.7 cm³/mol. The van der Waals surface area contributed by atoms with Crippen LogP contribution in [0.1, 0.15) is 17.2 Å². The molecular weight excluding hydrogens is 298 g/mol. The Labute approximate surface area is 134 Å². The molecule has 0 aliphatic carbocycles. The zero-order chi connectivity index (χ0) is 15.9. The van der Waals surface area contributed by atoms with E-state index in [1.807, 2.05) is 50.2 Å². The number of nitrogens with one attached hydrogen (secondary N) is 2. The first-order valence-corrected chi connectivity index (χ1v) is 8.06. The van der Waals surface area contributed by atoms with Gasteiger partial charge in [0.15, 0.2) is 0 Å². The normalized spacial score (nSPS) is 12.4. The number of rotatable bonds is 7. The van der Waals surface area contributed by atoms with Crippen molar-refractivity contribution >= 4 is 17.7 Å². The summed E-state index contributed by atoms with van der Waals surface area (Å²) >= 11 is 1.55. The molecule has 2 aromatic rings. The maximum absolute atomic E-state index is 12.5. The highest BCUT2D eigenvalue weighted by Crippen LogP contribution is 2.19. The van der Waals surface area contributed by atoms with Crippen molar-refractivity contribution in [3.05, 3.63) is 41.6 Å². The van der Waals surface area contributed by atoms with Crippen molar-refractivity contribution in [3.8, 4) is 0 Å². The summed E-state index contributed by atoms with van der Waals surface area (Å²) in [5, 5.41) is 14.1. The van der Waals surface area contributed by atoms with E-state index in [2.05, 4.69) is 20.7 Å². The Morgan fingerprint density at radius 3 is 2.91 bits per heavy atom. The van der Waals surface area contributed by atoms with Gasteiger partial charge in [0.05, 0.1) is 6.20 Å². The first-order chi connectivity index (χ1) is 10.6. The Bertz CT molecular complexity index is 600. The molecule has 0 fully saturated rings. The van der Waals surface area contributed by atoms with Crippen LogP contribution in [0.4, 0.5) is 0 Å². The molecule has 0 spiro atoms. The number of aryl methyl sites for hydroxylation is 1. The van der Waals surface area contributed by atoms with Gasteiger partial charge in [-0.25, -0.2) is 0 Å². The second kappa shape index (κ2) is 7.95. The molecule has 0 bridgehead atoms. The number of carbonyl (C=O) groups excluding carboxylic acids is 1. The Morgan fingerprint density at radius 1 is 1.45 bits per heavy atom. The molecule has 1 aromatic heterocycles. The maximum atomic E-state index is 12.5. The summed E-state index contributed by atoms with van der Waals surface area (Å²) in [6, 6.07) is 7.77. The van der Waals surface area contributed by atoms with E-state index in [4.69, 9.17) is 0 Å². The third-order valence-corrected chi connectivity index (χ3v) is 4.07. The van der Waals surface area contributed by atoms with Gasteiger partial charge < -0.3 is 5.32 Å². The van der Waals surface area contributed by atoms with Crippen LogP contribution in [0.25, 0.3) is 0 Å². The first kappa shape index (κ1) is 16.5. The number of likely N-dealkylation sites (N-methyl/N-ethyl adjacent to an activating group) is 1. The van der Waals surface area contributed by atoms with Crippen LogP contribution in [-0.2, 0) is 4.79 Å². The average molecular weight is 319 g/mol. The van der Waals surface area contributed by atoms with Crippen molar-refractivity contribution in [2.45, 2.75) is 18.0 Å². The van der Waals surface area contributed by atoms with Gasteiger partial charge >= 0.3 is 0 Å². The highest BCUT2D eigenvalue weighted by Gasteiger charge is 2.22. The van der Waals surface area contributed by atoms with Gasteiger partial charge in [-0.15, -0.1) is 16.9 Å². The lowest BCUT2D eigenvalue weighted by Crippen LogP contribution is -2.38. The molecular formula is C15H21N5OS. The molecule has 0 unspecified atom stereocenters. The van der Waals surface area contributed by atoms with E-state index < -0.39 is 0 Å². The Hall–Kier alpha value is -1.86. The van der Waals surface area contributed by atoms with Gasteiger partial charge in [0, 0.05) is 12.3 Å². The third kappa shape index (κ3) is 4.57. The summed E-state index contributed by atoms with van der Waals surface area (Å²) in [6.07, 6.45) is 1.67. The van der Waals surface area contributed by atoms with E-state index in [1.54, 1.807) is 18.0 Å². The van der Waals surface area contributed by atoms with Gasteiger partial charge in [-0.3, -0.25) is 9.69 Å². The molecule has 0 saturated heterocycles. The summed E-state index contributed by atoms with van der Waals surface area (Å²) in [4.78, 5) is 14.4. The van der Waals surface area contributed by atoms with Gasteiger partial charge in [0.2, 0.25) is 5.91 Å². The summed E-state index contributed by atoms with van der Waals surface area (Å²) in [5.74, 6) is 0.767. The fourth-order valence-electron chi connectivity index (χ4n) is 2.21. The Morgan fingerprint density at radius 2 is 2.27 bits per heavy atom. The number of nitrogens with zero attached hydrogens (tertiary/aromatic N) is 3. The van der Waals surface area contributed by atoms with Crippen LogP contribution in [-0.4, -0.2) is 52.6 Å². The van der Waals surface area contributed by atoms with Crippen molar-refractivity contribution in [2.75, 3.05) is 26.4 Å². The number of amides is 1. The van der Waals surface area contributed by atoms with Crippen molar-refractivity contribution in [1.82, 2.24) is 25.6 Å². The number of aromatic amines is 1. The monoisotopic (exact) mass is 319 g/mol. The maximum Gasteiger partial charge on any atom is 0.241 e. The lowest BCUT2D eigenvalue weighted by Gasteiger charge is -2.24. The summed E-state index contributed by atoms with van der Waals surface area (Å²) in [7, 11) is 3.83. The standard InChI is InChI=1S/C15H21N5OS/c1-11-5-4-6-12(9-11)14(20(2)3)15(21)16-7-8-22-13-10-17-19-18-13/h4-6,9-10,14H,7-8H2,1-3H3,(H,16,21)(H,17,18,19)/t14-/m0/s1. The van der Waals surface area contributed by atoms with Crippen molar-refractivity contribution in [3.63, 3.8) is 0 Å². The highest BCUT2D eigenvalue weighted by molar-refractivity contribution is 7.99. The fraction of sp³-hybridized carbons (Fsp3) is 0.400. The Kier molecular flexibility index (Phi) is 5.97. The van der Waals surface area contributed by atoms with Crippen LogP contribution >= 0.6 is 11.8 Å². The number of H-pyrrole nitrogens is 1. The van der Waals surface area contributed by atoms with Crippen LogP contribution in [0.2, 0.25) is 0 Å². The van der Waals surface area contributed by atoms with Crippen molar-refractivity contribution < 1.29 is 4.79 Å². The lowest BCUT2D eigenvalue weighted by molar-refractivity contribution is -0.125. The highest BCUT2D eigenvalue weighted by atomic mass is 32.2. The average Bonchev–Trinajstić information content (AvgIpc) is 2.97. The minimum atomic E-state index is -0.281. The SMILES string of the molecule is Cc1cccc([C@@H](C(=O)NCCSc2cn[nH]n2)N(C)C)c1. The van der Waals surface area contributed by atoms with Crippen LogP contribution in [0.3, 0.4) is 0 Å². The van der Waals surface area contributed by atoms with Crippen LogP contribution < -0.4 is 5.32 Å². The fourth-order valence-corrected chi connectivity index (χ4v) is 2.86. The first-order valence-electron chi connectivity index (χ1n) is 7.07. The van der Waals surface area contributed by atoms with Gasteiger partial charge in [-0.1, -0.05) is 29.8 Å². The predicted octanol–water partition coefficient (Wildman–Crippen LogP) is 1.62. The number of carbonyl (C=O) groups is 1. The van der Waals surface area contributed by atoms with Crippen LogP contribution in [0.5, 0.6) is 0 Å². The molecule has 0 aliphatic heterocycles. The summed E-state index contributed by atoms with van der Waals surface area (Å²) in [6.45, 7) is 2.62. The summed E-state index contributed by atoms with van der Waals surface area (Å²) in [5.41, 5.74) is 2.16. The molecule has 1 amide bonds. The zero-order valence-electron chi connectivity index (χ0n) is 13.0. The lowest BCUT2D eigenvalue weighted by atomic mass is 10.0. The number of hydrogen-bond donors (Lipinski definition) is 2. The summed E-state index contributed by atoms with van der Waals surface area (Å²) < 4.78 is 0. The minimum absolute atomic E-state index is 0.0105. The molecule has 0 radical (unpaired) electrons. The zero-order valence-corrected chi connectivity index (χ0v) is 13.9. The van der Waals surface area contributed by atoms with Gasteiger partial charge in [0.25, 0.3) is 0 Å². The topological polar surface area (TPSA) is 73.9 Å². The number of aromatic nitrogens is 3. The van der Waals surface area contributed by atoms with Gasteiger partial charge in [-0.2, -0.15) is 10.3 Å². The van der Waals surface area contributed by atoms with E-state index in [1.165, 1.54) is 0 Å². The van der Waals surface area contributed by atoms with Crippen molar-refractivity contribution in [2.24, 2.45) is 0 Å². The molecule has 0 aliphatic rings. The molecule has 7 heteroatoms. The van der Waals surface area contributed by atoms with Gasteiger partial charge in [-0.05, 0) is 26.6 Å². The quantitative estimate of drug-likeness (QED) is 0.599. The van der Waals surface area contributed by atoms with Gasteiger partial charge in [0.1, 0.15) is 11.1 Å². The molecule has 2 N–H and O–H groups in total. The molecule has 6 nitrogen and oxygen atoms in total. The third-order valence-electron chi connectivity index (χ3n) is 3.17. The van der Waals surface area contributed by atoms with E-state index >= 15 is 0 Å². The van der Waals surface area contributed by atoms with E-state index in [-0.39, 0.29) is 11.9 Å². The second-order valence-electron chi connectivity index (χ2n) is 5.23. The molecule has 1 aromatic carbocycles. The van der Waals surface area contributed by atoms with E-state index in [0.717, 1.165) is 21.9 Å². The molecule has 1 heterocycles.